The molecule has 10 heteroatoms. The van der Waals surface area contributed by atoms with E-state index in [4.69, 9.17) is 9.47 Å². The molecule has 3 aromatic rings. The Bertz CT molecular complexity index is 1360. The van der Waals surface area contributed by atoms with Crippen LogP contribution in [-0.4, -0.2) is 60.1 Å². The van der Waals surface area contributed by atoms with Crippen molar-refractivity contribution in [1.29, 1.82) is 0 Å². The van der Waals surface area contributed by atoms with E-state index in [1.165, 1.54) is 16.7 Å². The first kappa shape index (κ1) is 25.4. The van der Waals surface area contributed by atoms with Gasteiger partial charge in [-0.2, -0.15) is 0 Å². The fraction of sp³-hybridized carbons (Fsp3) is 0.423. The van der Waals surface area contributed by atoms with E-state index in [0.29, 0.717) is 37.2 Å². The molecule has 0 atom stereocenters. The summed E-state index contributed by atoms with van der Waals surface area (Å²) in [5, 5.41) is 0.214. The normalized spacial score (nSPS) is 14.4. The monoisotopic (exact) mass is 501 g/mol. The van der Waals surface area contributed by atoms with Gasteiger partial charge in [0, 0.05) is 19.1 Å². The second-order valence-electron chi connectivity index (χ2n) is 8.95. The molecule has 0 saturated carbocycles. The van der Waals surface area contributed by atoms with Crippen molar-refractivity contribution in [2.24, 2.45) is 0 Å². The number of hydrogen-bond donors (Lipinski definition) is 0. The molecule has 8 nitrogen and oxygen atoms in total. The first-order chi connectivity index (χ1) is 17.4. The zero-order valence-corrected chi connectivity index (χ0v) is 20.3. The molecule has 0 aliphatic carbocycles. The van der Waals surface area contributed by atoms with Crippen molar-refractivity contribution in [2.45, 2.75) is 38.5 Å². The van der Waals surface area contributed by atoms with Crippen LogP contribution in [0.2, 0.25) is 0 Å². The molecule has 0 unspecified atom stereocenters. The highest BCUT2D eigenvalue weighted by Gasteiger charge is 2.25. The second-order valence-corrected chi connectivity index (χ2v) is 8.95. The Hall–Kier alpha value is -3.69. The van der Waals surface area contributed by atoms with Crippen LogP contribution in [0.5, 0.6) is 11.5 Å². The summed E-state index contributed by atoms with van der Waals surface area (Å²) >= 11 is 0. The standard InChI is InChI=1S/C26H29F2N3O5/c1-17-11-18(3-6-24(17)35-2)15-30-25(33)22-12-20(36-21(13-27)14-28)4-5-23(22)31(26(30)34)19-7-9-29(16-32)10-8-19/h3-6,11-12,16,19,21H,7-10,13-15H2,1-2H3. The fourth-order valence-electron chi connectivity index (χ4n) is 4.70. The molecule has 0 N–H and O–H groups in total. The number of carbonyl (C=O) groups is 1. The molecule has 2 aromatic carbocycles. The summed E-state index contributed by atoms with van der Waals surface area (Å²) in [6, 6.07) is 9.72. The van der Waals surface area contributed by atoms with Gasteiger partial charge >= 0.3 is 5.69 Å². The highest BCUT2D eigenvalue weighted by Crippen LogP contribution is 2.26. The average Bonchev–Trinajstić information content (AvgIpc) is 2.90. The average molecular weight is 502 g/mol. The van der Waals surface area contributed by atoms with E-state index in [9.17, 15) is 23.2 Å². The minimum absolute atomic E-state index is 0.0360. The fourth-order valence-corrected chi connectivity index (χ4v) is 4.70. The smallest absolute Gasteiger partial charge is 0.332 e. The maximum atomic E-state index is 13.7. The van der Waals surface area contributed by atoms with Crippen molar-refractivity contribution in [3.05, 3.63) is 68.4 Å². The molecule has 1 saturated heterocycles. The molecule has 4 rings (SSSR count). The van der Waals surface area contributed by atoms with Gasteiger partial charge < -0.3 is 14.4 Å². The highest BCUT2D eigenvalue weighted by molar-refractivity contribution is 5.80. The van der Waals surface area contributed by atoms with Crippen molar-refractivity contribution < 1.29 is 23.0 Å². The molecule has 0 radical (unpaired) electrons. The Labute approximate surface area is 206 Å². The van der Waals surface area contributed by atoms with Gasteiger partial charge in [-0.05, 0) is 55.2 Å². The van der Waals surface area contributed by atoms with Crippen molar-refractivity contribution in [3.8, 4) is 11.5 Å². The lowest BCUT2D eigenvalue weighted by molar-refractivity contribution is -0.119. The maximum absolute atomic E-state index is 13.7. The number of benzene rings is 2. The summed E-state index contributed by atoms with van der Waals surface area (Å²) in [6.07, 6.45) is 0.625. The Morgan fingerprint density at radius 3 is 2.42 bits per heavy atom. The van der Waals surface area contributed by atoms with E-state index in [1.807, 2.05) is 13.0 Å². The van der Waals surface area contributed by atoms with Crippen LogP contribution < -0.4 is 20.7 Å². The maximum Gasteiger partial charge on any atom is 0.332 e. The number of piperidine rings is 1. The van der Waals surface area contributed by atoms with Gasteiger partial charge in [0.05, 0.1) is 24.6 Å². The summed E-state index contributed by atoms with van der Waals surface area (Å²) in [5.74, 6) is 0.841. The highest BCUT2D eigenvalue weighted by atomic mass is 19.1. The molecule has 1 amide bonds. The van der Waals surface area contributed by atoms with Gasteiger partial charge in [0.1, 0.15) is 24.8 Å². The molecule has 1 aromatic heterocycles. The van der Waals surface area contributed by atoms with Crippen LogP contribution in [0.25, 0.3) is 10.9 Å². The number of aryl methyl sites for hydroxylation is 1. The molecule has 1 fully saturated rings. The predicted molar refractivity (Wildman–Crippen MR) is 132 cm³/mol. The zero-order valence-electron chi connectivity index (χ0n) is 20.3. The molecule has 0 spiro atoms. The van der Waals surface area contributed by atoms with Crippen LogP contribution in [0.3, 0.4) is 0 Å². The molecule has 1 aliphatic rings. The van der Waals surface area contributed by atoms with Gasteiger partial charge in [0.15, 0.2) is 6.10 Å². The number of hydrogen-bond acceptors (Lipinski definition) is 5. The molecule has 0 bridgehead atoms. The first-order valence-corrected chi connectivity index (χ1v) is 11.8. The van der Waals surface area contributed by atoms with Gasteiger partial charge in [0.25, 0.3) is 5.56 Å². The van der Waals surface area contributed by atoms with Gasteiger partial charge in [-0.3, -0.25) is 18.7 Å². The molecule has 1 aliphatic heterocycles. The Morgan fingerprint density at radius 1 is 1.08 bits per heavy atom. The summed E-state index contributed by atoms with van der Waals surface area (Å²) in [5.41, 5.74) is 1.05. The van der Waals surface area contributed by atoms with E-state index < -0.39 is 30.7 Å². The largest absolute Gasteiger partial charge is 0.496 e. The third-order valence-electron chi connectivity index (χ3n) is 6.60. The number of methoxy groups -OCH3 is 1. The topological polar surface area (TPSA) is 82.8 Å². The molecule has 2 heterocycles. The number of carbonyl (C=O) groups excluding carboxylic acids is 1. The van der Waals surface area contributed by atoms with Crippen LogP contribution in [0.1, 0.15) is 30.0 Å². The van der Waals surface area contributed by atoms with Crippen molar-refractivity contribution in [2.75, 3.05) is 33.5 Å². The van der Waals surface area contributed by atoms with Crippen molar-refractivity contribution in [3.63, 3.8) is 0 Å². The number of fused-ring (bicyclic) bond motifs is 1. The van der Waals surface area contributed by atoms with Crippen LogP contribution >= 0.6 is 0 Å². The Kier molecular flexibility index (Phi) is 7.71. The van der Waals surface area contributed by atoms with E-state index in [-0.39, 0.29) is 23.7 Å². The molecule has 36 heavy (non-hydrogen) atoms. The number of ether oxygens (including phenoxy) is 2. The van der Waals surface area contributed by atoms with Gasteiger partial charge in [-0.15, -0.1) is 0 Å². The van der Waals surface area contributed by atoms with Gasteiger partial charge in [-0.1, -0.05) is 12.1 Å². The van der Waals surface area contributed by atoms with Gasteiger partial charge in [0.2, 0.25) is 6.41 Å². The summed E-state index contributed by atoms with van der Waals surface area (Å²) < 4.78 is 39.5. The molecule has 192 valence electrons. The Balaban J connectivity index is 1.85. The van der Waals surface area contributed by atoms with Crippen LogP contribution in [-0.2, 0) is 11.3 Å². The number of rotatable bonds is 9. The predicted octanol–water partition coefficient (Wildman–Crippen LogP) is 3.01. The minimum atomic E-state index is -1.27. The third kappa shape index (κ3) is 4.98. The van der Waals surface area contributed by atoms with Crippen LogP contribution in [0.15, 0.2) is 46.0 Å². The lowest BCUT2D eigenvalue weighted by Crippen LogP contribution is -2.44. The van der Waals surface area contributed by atoms with E-state index in [2.05, 4.69) is 0 Å². The number of nitrogens with zero attached hydrogens (tertiary/aromatic N) is 3. The van der Waals surface area contributed by atoms with Crippen molar-refractivity contribution >= 4 is 17.3 Å². The van der Waals surface area contributed by atoms with E-state index >= 15 is 0 Å². The van der Waals surface area contributed by atoms with Crippen molar-refractivity contribution in [1.82, 2.24) is 14.0 Å². The van der Waals surface area contributed by atoms with Crippen LogP contribution in [0, 0.1) is 6.92 Å². The first-order valence-electron chi connectivity index (χ1n) is 11.8. The number of amides is 1. The Morgan fingerprint density at radius 2 is 1.81 bits per heavy atom. The summed E-state index contributed by atoms with van der Waals surface area (Å²) in [4.78, 5) is 40.1. The summed E-state index contributed by atoms with van der Waals surface area (Å²) in [6.45, 7) is 0.882. The van der Waals surface area contributed by atoms with Gasteiger partial charge in [-0.25, -0.2) is 13.6 Å². The number of halogens is 2. The number of aromatic nitrogens is 2. The summed E-state index contributed by atoms with van der Waals surface area (Å²) in [7, 11) is 1.57. The quantitative estimate of drug-likeness (QED) is 0.421. The lowest BCUT2D eigenvalue weighted by Gasteiger charge is -2.31. The number of likely N-dealkylation sites (tertiary alicyclic amines) is 1. The third-order valence-corrected chi connectivity index (χ3v) is 6.60. The second kappa shape index (κ2) is 10.9. The lowest BCUT2D eigenvalue weighted by atomic mass is 10.0. The minimum Gasteiger partial charge on any atom is -0.496 e. The van der Waals surface area contributed by atoms with Crippen LogP contribution in [0.4, 0.5) is 8.78 Å². The molecular weight excluding hydrogens is 472 g/mol. The molecular formula is C26H29F2N3O5. The van der Waals surface area contributed by atoms with E-state index in [1.54, 1.807) is 34.8 Å². The zero-order chi connectivity index (χ0) is 25.8. The SMILES string of the molecule is COc1ccc(Cn2c(=O)c3cc(OC(CF)CF)ccc3n(C3CCN(C=O)CC3)c2=O)cc1C. The van der Waals surface area contributed by atoms with E-state index in [0.717, 1.165) is 17.5 Å². The number of alkyl halides is 2.